The van der Waals surface area contributed by atoms with Gasteiger partial charge in [-0.3, -0.25) is 0 Å². The molecule has 10 heteroatoms. The molecule has 0 saturated carbocycles. The summed E-state index contributed by atoms with van der Waals surface area (Å²) >= 11 is 7.61. The molecule has 3 rings (SSSR count). The first-order valence-corrected chi connectivity index (χ1v) is 10.5. The van der Waals surface area contributed by atoms with Crippen molar-refractivity contribution in [3.63, 3.8) is 0 Å². The zero-order valence-corrected chi connectivity index (χ0v) is 18.4. The van der Waals surface area contributed by atoms with Crippen molar-refractivity contribution in [2.75, 3.05) is 25.2 Å². The molecule has 0 saturated heterocycles. The fourth-order valence-corrected chi connectivity index (χ4v) is 3.65. The van der Waals surface area contributed by atoms with Gasteiger partial charge in [0.2, 0.25) is 0 Å². The molecule has 0 aliphatic heterocycles. The quantitative estimate of drug-likeness (QED) is 0.540. The average molecular weight is 452 g/mol. The van der Waals surface area contributed by atoms with Crippen LogP contribution in [0.1, 0.15) is 13.8 Å². The highest BCUT2D eigenvalue weighted by atomic mass is 35.5. The van der Waals surface area contributed by atoms with Crippen molar-refractivity contribution in [3.05, 3.63) is 41.3 Å². The molecule has 2 aromatic heterocycles. The van der Waals surface area contributed by atoms with Crippen LogP contribution in [0.2, 0.25) is 5.02 Å². The largest absolute Gasteiger partial charge is 0.489 e. The van der Waals surface area contributed by atoms with E-state index in [1.54, 1.807) is 6.20 Å². The normalized spacial score (nSPS) is 12.3. The maximum Gasteiger partial charge on any atom is 0.165 e. The lowest BCUT2D eigenvalue weighted by Gasteiger charge is -2.22. The summed E-state index contributed by atoms with van der Waals surface area (Å²) in [7, 11) is 1.98. The fourth-order valence-electron chi connectivity index (χ4n) is 2.49. The number of ether oxygens (including phenoxy) is 1. The molecule has 1 aromatic carbocycles. The van der Waals surface area contributed by atoms with Crippen LogP contribution < -0.4 is 15.4 Å². The van der Waals surface area contributed by atoms with Gasteiger partial charge in [-0.25, -0.2) is 9.37 Å². The van der Waals surface area contributed by atoms with Crippen LogP contribution in [0.4, 0.5) is 10.2 Å². The summed E-state index contributed by atoms with van der Waals surface area (Å²) in [4.78, 5) is 6.54. The third kappa shape index (κ3) is 5.04. The SMILES string of the molecule is CC(C)N(C)c1ccc(-c2nnc(-c3cc(F)c(OCC(N)CO)cc3Cl)s2)cn1. The molecule has 30 heavy (non-hydrogen) atoms. The smallest absolute Gasteiger partial charge is 0.165 e. The highest BCUT2D eigenvalue weighted by Crippen LogP contribution is 2.37. The highest BCUT2D eigenvalue weighted by molar-refractivity contribution is 7.18. The molecule has 7 nitrogen and oxygen atoms in total. The molecule has 160 valence electrons. The molecule has 1 atom stereocenters. The maximum atomic E-state index is 14.4. The van der Waals surface area contributed by atoms with Crippen LogP contribution in [0, 0.1) is 5.82 Å². The van der Waals surface area contributed by atoms with E-state index in [2.05, 4.69) is 33.9 Å². The van der Waals surface area contributed by atoms with E-state index in [4.69, 9.17) is 27.2 Å². The van der Waals surface area contributed by atoms with Crippen LogP contribution in [0.25, 0.3) is 21.1 Å². The van der Waals surface area contributed by atoms with E-state index in [9.17, 15) is 4.39 Å². The predicted octanol–water partition coefficient (Wildman–Crippen LogP) is 3.60. The van der Waals surface area contributed by atoms with Crippen molar-refractivity contribution in [1.29, 1.82) is 0 Å². The summed E-state index contributed by atoms with van der Waals surface area (Å²) in [6, 6.07) is 6.20. The van der Waals surface area contributed by atoms with Gasteiger partial charge in [-0.05, 0) is 32.0 Å². The number of aliphatic hydroxyl groups excluding tert-OH is 1. The summed E-state index contributed by atoms with van der Waals surface area (Å²) in [5.41, 5.74) is 6.81. The summed E-state index contributed by atoms with van der Waals surface area (Å²) in [5.74, 6) is 0.227. The van der Waals surface area contributed by atoms with E-state index in [0.717, 1.165) is 11.4 Å². The number of pyridine rings is 1. The minimum absolute atomic E-state index is 0.0267. The van der Waals surface area contributed by atoms with Crippen LogP contribution in [-0.2, 0) is 0 Å². The van der Waals surface area contributed by atoms with Crippen molar-refractivity contribution in [3.8, 4) is 26.9 Å². The summed E-state index contributed by atoms with van der Waals surface area (Å²) < 4.78 is 19.7. The number of nitrogens with two attached hydrogens (primary N) is 1. The number of aromatic nitrogens is 3. The molecule has 2 heterocycles. The van der Waals surface area contributed by atoms with Crippen molar-refractivity contribution in [1.82, 2.24) is 15.2 Å². The molecule has 0 aliphatic carbocycles. The van der Waals surface area contributed by atoms with Gasteiger partial charge in [0.25, 0.3) is 0 Å². The van der Waals surface area contributed by atoms with Crippen molar-refractivity contribution in [2.24, 2.45) is 5.73 Å². The number of nitrogens with zero attached hydrogens (tertiary/aromatic N) is 4. The Balaban J connectivity index is 1.81. The summed E-state index contributed by atoms with van der Waals surface area (Å²) in [6.07, 6.45) is 1.74. The standard InChI is InChI=1S/C20H23ClFN5O2S/c1-11(2)27(3)18-5-4-12(8-24-18)19-25-26-20(30-19)14-6-16(22)17(7-15(14)21)29-10-13(23)9-28/h4-8,11,13,28H,9-10,23H2,1-3H3. The van der Waals surface area contributed by atoms with Gasteiger partial charge in [0.1, 0.15) is 22.4 Å². The van der Waals surface area contributed by atoms with Gasteiger partial charge in [0.05, 0.1) is 17.7 Å². The summed E-state index contributed by atoms with van der Waals surface area (Å²) in [6.45, 7) is 3.89. The second-order valence-electron chi connectivity index (χ2n) is 7.04. The summed E-state index contributed by atoms with van der Waals surface area (Å²) in [5, 5.41) is 18.7. The number of hydrogen-bond acceptors (Lipinski definition) is 8. The Morgan fingerprint density at radius 3 is 2.63 bits per heavy atom. The van der Waals surface area contributed by atoms with E-state index in [0.29, 0.717) is 21.6 Å². The second-order valence-corrected chi connectivity index (χ2v) is 8.42. The lowest BCUT2D eigenvalue weighted by atomic mass is 10.2. The van der Waals surface area contributed by atoms with E-state index < -0.39 is 11.9 Å². The van der Waals surface area contributed by atoms with Crippen LogP contribution in [0.3, 0.4) is 0 Å². The molecule has 0 fully saturated rings. The molecule has 0 bridgehead atoms. The molecule has 3 N–H and O–H groups in total. The first-order chi connectivity index (χ1) is 14.3. The highest BCUT2D eigenvalue weighted by Gasteiger charge is 2.17. The van der Waals surface area contributed by atoms with Gasteiger partial charge in [-0.1, -0.05) is 22.9 Å². The van der Waals surface area contributed by atoms with E-state index in [1.807, 2.05) is 19.2 Å². The van der Waals surface area contributed by atoms with Crippen molar-refractivity contribution in [2.45, 2.75) is 25.9 Å². The Hall–Kier alpha value is -2.33. The lowest BCUT2D eigenvalue weighted by molar-refractivity contribution is 0.202. The van der Waals surface area contributed by atoms with Gasteiger partial charge in [0.15, 0.2) is 11.6 Å². The van der Waals surface area contributed by atoms with E-state index in [1.165, 1.54) is 23.5 Å². The number of anilines is 1. The monoisotopic (exact) mass is 451 g/mol. The number of benzene rings is 1. The van der Waals surface area contributed by atoms with Gasteiger partial charge >= 0.3 is 0 Å². The van der Waals surface area contributed by atoms with Gasteiger partial charge in [0, 0.05) is 36.5 Å². The Bertz CT molecular complexity index is 999. The molecule has 0 amide bonds. The van der Waals surface area contributed by atoms with Crippen LogP contribution in [0.15, 0.2) is 30.5 Å². The van der Waals surface area contributed by atoms with Crippen molar-refractivity contribution < 1.29 is 14.2 Å². The van der Waals surface area contributed by atoms with Crippen LogP contribution in [-0.4, -0.2) is 52.6 Å². The topological polar surface area (TPSA) is 97.4 Å². The third-order valence-electron chi connectivity index (χ3n) is 4.50. The zero-order valence-electron chi connectivity index (χ0n) is 16.8. The number of aliphatic hydroxyl groups is 1. The maximum absolute atomic E-state index is 14.4. The molecule has 0 spiro atoms. The number of hydrogen-bond donors (Lipinski definition) is 2. The fraction of sp³-hybridized carbons (Fsp3) is 0.350. The lowest BCUT2D eigenvalue weighted by Crippen LogP contribution is -2.31. The average Bonchev–Trinajstić information content (AvgIpc) is 3.23. The van der Waals surface area contributed by atoms with Crippen LogP contribution >= 0.6 is 22.9 Å². The van der Waals surface area contributed by atoms with Gasteiger partial charge < -0.3 is 20.5 Å². The van der Waals surface area contributed by atoms with Crippen LogP contribution in [0.5, 0.6) is 5.75 Å². The van der Waals surface area contributed by atoms with E-state index in [-0.39, 0.29) is 24.0 Å². The van der Waals surface area contributed by atoms with Gasteiger partial charge in [-0.15, -0.1) is 10.2 Å². The number of rotatable bonds is 8. The van der Waals surface area contributed by atoms with Crippen molar-refractivity contribution >= 4 is 28.8 Å². The Labute approximate surface area is 183 Å². The molecular formula is C20H23ClFN5O2S. The Kier molecular flexibility index (Phi) is 7.19. The molecule has 3 aromatic rings. The first kappa shape index (κ1) is 22.4. The minimum atomic E-state index is -0.603. The third-order valence-corrected chi connectivity index (χ3v) is 5.81. The van der Waals surface area contributed by atoms with Gasteiger partial charge in [-0.2, -0.15) is 0 Å². The number of halogens is 2. The molecule has 0 radical (unpaired) electrons. The Morgan fingerprint density at radius 1 is 1.27 bits per heavy atom. The molecule has 0 aliphatic rings. The predicted molar refractivity (Wildman–Crippen MR) is 118 cm³/mol. The van der Waals surface area contributed by atoms with E-state index >= 15 is 0 Å². The second kappa shape index (κ2) is 9.65. The Morgan fingerprint density at radius 2 is 2.00 bits per heavy atom. The minimum Gasteiger partial charge on any atom is -0.489 e. The molecule has 1 unspecified atom stereocenters. The first-order valence-electron chi connectivity index (χ1n) is 9.31. The molecular weight excluding hydrogens is 429 g/mol. The zero-order chi connectivity index (χ0) is 21.8.